The van der Waals surface area contributed by atoms with Gasteiger partial charge < -0.3 is 19.5 Å². The summed E-state index contributed by atoms with van der Waals surface area (Å²) >= 11 is 12.0. The van der Waals surface area contributed by atoms with Crippen LogP contribution in [0, 0.1) is 6.92 Å². The molecule has 0 bridgehead atoms. The van der Waals surface area contributed by atoms with Crippen molar-refractivity contribution in [3.8, 4) is 11.5 Å². The predicted molar refractivity (Wildman–Crippen MR) is 97.5 cm³/mol. The molecule has 138 valence electrons. The maximum absolute atomic E-state index is 12.2. The first-order valence-corrected chi connectivity index (χ1v) is 8.12. The summed E-state index contributed by atoms with van der Waals surface area (Å²) in [6, 6.07) is 4.61. The van der Waals surface area contributed by atoms with Crippen LogP contribution >= 0.6 is 23.2 Å². The number of anilines is 1. The van der Waals surface area contributed by atoms with Crippen LogP contribution < -0.4 is 14.8 Å². The summed E-state index contributed by atoms with van der Waals surface area (Å²) in [5, 5.41) is 3.06. The van der Waals surface area contributed by atoms with E-state index in [2.05, 4.69) is 10.3 Å². The van der Waals surface area contributed by atoms with Gasteiger partial charge in [0, 0.05) is 12.3 Å². The molecule has 9 heteroatoms. The second kappa shape index (κ2) is 8.73. The number of rotatable bonds is 6. The highest BCUT2D eigenvalue weighted by Crippen LogP contribution is 2.28. The van der Waals surface area contributed by atoms with Gasteiger partial charge in [-0.2, -0.15) is 0 Å². The van der Waals surface area contributed by atoms with Gasteiger partial charge in [0.1, 0.15) is 17.1 Å². The highest BCUT2D eigenvalue weighted by Gasteiger charge is 2.17. The minimum Gasteiger partial charge on any atom is -0.497 e. The smallest absolute Gasteiger partial charge is 0.342 e. The van der Waals surface area contributed by atoms with E-state index in [-0.39, 0.29) is 22.2 Å². The molecule has 1 N–H and O–H groups in total. The second-order valence-electron chi connectivity index (χ2n) is 5.08. The summed E-state index contributed by atoms with van der Waals surface area (Å²) in [6.45, 7) is 1.17. The molecule has 0 aliphatic carbocycles. The molecule has 0 radical (unpaired) electrons. The van der Waals surface area contributed by atoms with Gasteiger partial charge in [-0.05, 0) is 24.6 Å². The van der Waals surface area contributed by atoms with Gasteiger partial charge in [0.05, 0.1) is 24.3 Å². The Morgan fingerprint density at radius 2 is 1.92 bits per heavy atom. The van der Waals surface area contributed by atoms with Gasteiger partial charge in [-0.1, -0.05) is 23.2 Å². The molecule has 7 nitrogen and oxygen atoms in total. The number of carbonyl (C=O) groups excluding carboxylic acids is 2. The fourth-order valence-corrected chi connectivity index (χ4v) is 2.38. The summed E-state index contributed by atoms with van der Waals surface area (Å²) in [5.74, 6) is -0.382. The van der Waals surface area contributed by atoms with Crippen LogP contribution in [0.2, 0.25) is 10.0 Å². The van der Waals surface area contributed by atoms with Gasteiger partial charge in [-0.3, -0.25) is 4.79 Å². The van der Waals surface area contributed by atoms with Crippen LogP contribution in [0.25, 0.3) is 0 Å². The van der Waals surface area contributed by atoms with Crippen LogP contribution in [0.15, 0.2) is 24.4 Å². The van der Waals surface area contributed by atoms with Crippen molar-refractivity contribution < 1.29 is 23.8 Å². The molecule has 1 aromatic carbocycles. The zero-order valence-electron chi connectivity index (χ0n) is 14.3. The molecule has 2 aromatic rings. The molecule has 0 fully saturated rings. The number of methoxy groups -OCH3 is 2. The number of ether oxygens (including phenoxy) is 3. The van der Waals surface area contributed by atoms with E-state index in [4.69, 9.17) is 37.4 Å². The van der Waals surface area contributed by atoms with Crippen molar-refractivity contribution in [1.82, 2.24) is 4.98 Å². The summed E-state index contributed by atoms with van der Waals surface area (Å²) in [4.78, 5) is 28.1. The molecule has 1 heterocycles. The number of esters is 1. The summed E-state index contributed by atoms with van der Waals surface area (Å²) in [7, 11) is 2.91. The van der Waals surface area contributed by atoms with Crippen molar-refractivity contribution in [2.45, 2.75) is 6.92 Å². The van der Waals surface area contributed by atoms with Crippen molar-refractivity contribution in [3.63, 3.8) is 0 Å². The zero-order chi connectivity index (χ0) is 19.3. The molecule has 2 rings (SSSR count). The highest BCUT2D eigenvalue weighted by molar-refractivity contribution is 6.37. The number of hydrogen-bond donors (Lipinski definition) is 1. The predicted octanol–water partition coefficient (Wildman–Crippen LogP) is 3.51. The summed E-state index contributed by atoms with van der Waals surface area (Å²) in [5.41, 5.74) is 0.748. The van der Waals surface area contributed by atoms with E-state index in [9.17, 15) is 9.59 Å². The largest absolute Gasteiger partial charge is 0.497 e. The van der Waals surface area contributed by atoms with Crippen LogP contribution in [0.4, 0.5) is 5.82 Å². The molecule has 0 atom stereocenters. The molecule has 0 spiro atoms. The van der Waals surface area contributed by atoms with Crippen LogP contribution in [-0.2, 0) is 9.53 Å². The number of benzene rings is 1. The Balaban J connectivity index is 2.01. The first-order chi connectivity index (χ1) is 12.4. The van der Waals surface area contributed by atoms with E-state index in [1.54, 1.807) is 13.0 Å². The lowest BCUT2D eigenvalue weighted by atomic mass is 10.2. The van der Waals surface area contributed by atoms with Gasteiger partial charge in [0.25, 0.3) is 5.91 Å². The molecule has 0 unspecified atom stereocenters. The van der Waals surface area contributed by atoms with Crippen molar-refractivity contribution in [2.24, 2.45) is 0 Å². The fraction of sp³-hybridized carbons (Fsp3) is 0.235. The average molecular weight is 399 g/mol. The molecule has 0 saturated heterocycles. The average Bonchev–Trinajstić information content (AvgIpc) is 2.65. The third kappa shape index (κ3) is 4.56. The van der Waals surface area contributed by atoms with Crippen molar-refractivity contribution >= 4 is 40.9 Å². The Bertz CT molecular complexity index is 842. The molecular formula is C17H16Cl2N2O5. The third-order valence-electron chi connectivity index (χ3n) is 3.42. The Labute approximate surface area is 160 Å². The van der Waals surface area contributed by atoms with E-state index in [1.807, 2.05) is 0 Å². The third-order valence-corrected chi connectivity index (χ3v) is 4.27. The number of nitrogens with one attached hydrogen (secondary N) is 1. The molecule has 0 saturated carbocycles. The van der Waals surface area contributed by atoms with Crippen LogP contribution in [0.5, 0.6) is 11.5 Å². The van der Waals surface area contributed by atoms with E-state index in [0.29, 0.717) is 16.3 Å². The minimum atomic E-state index is -0.717. The van der Waals surface area contributed by atoms with Crippen molar-refractivity contribution in [1.29, 1.82) is 0 Å². The highest BCUT2D eigenvalue weighted by atomic mass is 35.5. The number of amides is 1. The van der Waals surface area contributed by atoms with E-state index < -0.39 is 18.5 Å². The maximum Gasteiger partial charge on any atom is 0.342 e. The summed E-state index contributed by atoms with van der Waals surface area (Å²) in [6.07, 6.45) is 1.37. The SMILES string of the molecule is COc1ccc(C(=O)OCC(=O)Nc2ncc(Cl)c(C)c2Cl)c(OC)c1. The molecule has 0 aliphatic heterocycles. The van der Waals surface area contributed by atoms with Crippen molar-refractivity contribution in [2.75, 3.05) is 26.1 Å². The molecule has 1 aromatic heterocycles. The molecule has 0 aliphatic rings. The molecule has 26 heavy (non-hydrogen) atoms. The Kier molecular flexibility index (Phi) is 6.65. The standard InChI is InChI=1S/C17H16Cl2N2O5/c1-9-12(18)7-20-16(15(9)19)21-14(22)8-26-17(23)11-5-4-10(24-2)6-13(11)25-3/h4-7H,8H2,1-3H3,(H,20,21,22). The van der Waals surface area contributed by atoms with Gasteiger partial charge in [0.2, 0.25) is 0 Å². The minimum absolute atomic E-state index is 0.136. The first-order valence-electron chi connectivity index (χ1n) is 7.37. The maximum atomic E-state index is 12.2. The van der Waals surface area contributed by atoms with Gasteiger partial charge >= 0.3 is 5.97 Å². The molecular weight excluding hydrogens is 383 g/mol. The number of aromatic nitrogens is 1. The lowest BCUT2D eigenvalue weighted by molar-refractivity contribution is -0.119. The molecule has 1 amide bonds. The second-order valence-corrected chi connectivity index (χ2v) is 5.87. The van der Waals surface area contributed by atoms with Gasteiger partial charge in [-0.15, -0.1) is 0 Å². The fourth-order valence-electron chi connectivity index (χ4n) is 1.99. The first kappa shape index (κ1) is 19.8. The van der Waals surface area contributed by atoms with Crippen molar-refractivity contribution in [3.05, 3.63) is 45.6 Å². The van der Waals surface area contributed by atoms with Gasteiger partial charge in [-0.25, -0.2) is 9.78 Å². The number of halogens is 2. The number of carbonyl (C=O) groups is 2. The van der Waals surface area contributed by atoms with Crippen LogP contribution in [-0.4, -0.2) is 37.7 Å². The quantitative estimate of drug-likeness (QED) is 0.749. The monoisotopic (exact) mass is 398 g/mol. The van der Waals surface area contributed by atoms with Crippen LogP contribution in [0.3, 0.4) is 0 Å². The van der Waals surface area contributed by atoms with E-state index >= 15 is 0 Å². The topological polar surface area (TPSA) is 86.8 Å². The zero-order valence-corrected chi connectivity index (χ0v) is 15.8. The Morgan fingerprint density at radius 1 is 1.19 bits per heavy atom. The normalized spacial score (nSPS) is 10.2. The Hall–Kier alpha value is -2.51. The van der Waals surface area contributed by atoms with E-state index in [0.717, 1.165) is 0 Å². The lowest BCUT2D eigenvalue weighted by Crippen LogP contribution is -2.22. The summed E-state index contributed by atoms with van der Waals surface area (Å²) < 4.78 is 15.2. The van der Waals surface area contributed by atoms with Crippen LogP contribution in [0.1, 0.15) is 15.9 Å². The van der Waals surface area contributed by atoms with E-state index in [1.165, 1.54) is 32.5 Å². The van der Waals surface area contributed by atoms with Gasteiger partial charge in [0.15, 0.2) is 12.4 Å². The number of pyridine rings is 1. The Morgan fingerprint density at radius 3 is 2.58 bits per heavy atom. The number of nitrogens with zero attached hydrogens (tertiary/aromatic N) is 1. The number of hydrogen-bond acceptors (Lipinski definition) is 6. The lowest BCUT2D eigenvalue weighted by Gasteiger charge is -2.11.